The molecule has 2 aromatic rings. The van der Waals surface area contributed by atoms with Crippen LogP contribution in [0.15, 0.2) is 29.4 Å². The van der Waals surface area contributed by atoms with Gasteiger partial charge in [0.25, 0.3) is 0 Å². The number of halogens is 1. The maximum absolute atomic E-state index is 13.0. The summed E-state index contributed by atoms with van der Waals surface area (Å²) in [6, 6.07) is 5.77. The molecular formula is C15H16FN5O2S. The molecule has 0 radical (unpaired) electrons. The van der Waals surface area contributed by atoms with Crippen LogP contribution in [-0.2, 0) is 27.5 Å². The number of rotatable bonds is 4. The van der Waals surface area contributed by atoms with Crippen LogP contribution in [0, 0.1) is 10.6 Å². The normalized spacial score (nSPS) is 16.1. The number of anilines is 2. The predicted molar refractivity (Wildman–Crippen MR) is 87.4 cm³/mol. The van der Waals surface area contributed by atoms with Gasteiger partial charge in [-0.1, -0.05) is 19.1 Å². The number of nitrogen functional groups attached to an aromatic ring is 1. The monoisotopic (exact) mass is 349 g/mol. The average Bonchev–Trinajstić information content (AvgIpc) is 2.86. The van der Waals surface area contributed by atoms with Crippen LogP contribution in [0.1, 0.15) is 18.1 Å². The van der Waals surface area contributed by atoms with Gasteiger partial charge in [0, 0.05) is 11.3 Å². The summed E-state index contributed by atoms with van der Waals surface area (Å²) in [5, 5.41) is -0.167. The summed E-state index contributed by atoms with van der Waals surface area (Å²) in [4.78, 5) is 21.8. The largest absolute Gasteiger partial charge is 0.383 e. The Labute approximate surface area is 138 Å². The summed E-state index contributed by atoms with van der Waals surface area (Å²) in [5.74, 6) is -0.186. The van der Waals surface area contributed by atoms with Crippen LogP contribution in [0.2, 0.25) is 0 Å². The van der Waals surface area contributed by atoms with Gasteiger partial charge in [-0.05, 0) is 17.7 Å². The molecule has 7 nitrogen and oxygen atoms in total. The number of nitrogens with one attached hydrogen (secondary N) is 1. The van der Waals surface area contributed by atoms with E-state index in [1.165, 1.54) is 17.0 Å². The molecule has 9 heteroatoms. The number of carbonyl (C=O) groups excluding carboxylic acids is 1. The highest BCUT2D eigenvalue weighted by molar-refractivity contribution is 7.92. The van der Waals surface area contributed by atoms with Crippen molar-refractivity contribution in [1.29, 1.82) is 4.78 Å². The number of fused-ring (bicyclic) bond motifs is 1. The molecule has 0 aliphatic carbocycles. The van der Waals surface area contributed by atoms with Gasteiger partial charge in [0.2, 0.25) is 11.1 Å². The van der Waals surface area contributed by atoms with E-state index in [0.717, 1.165) is 5.56 Å². The van der Waals surface area contributed by atoms with Crippen molar-refractivity contribution >= 4 is 27.3 Å². The number of aromatic nitrogens is 2. The molecule has 1 aliphatic heterocycles. The van der Waals surface area contributed by atoms with E-state index < -0.39 is 9.73 Å². The van der Waals surface area contributed by atoms with Gasteiger partial charge >= 0.3 is 0 Å². The SMILES string of the molecule is CCS(=N)(=O)c1nc(N)c2c(n1)N(Cc1ccc(F)cc1)C(=O)C2. The number of nitrogens with zero attached hydrogens (tertiary/aromatic N) is 3. The Balaban J connectivity index is 2.03. The molecule has 1 aromatic heterocycles. The van der Waals surface area contributed by atoms with E-state index in [4.69, 9.17) is 10.5 Å². The summed E-state index contributed by atoms with van der Waals surface area (Å²) in [7, 11) is -3.15. The van der Waals surface area contributed by atoms with Crippen molar-refractivity contribution in [2.24, 2.45) is 0 Å². The Morgan fingerprint density at radius 3 is 2.62 bits per heavy atom. The fraction of sp³-hybridized carbons (Fsp3) is 0.267. The molecule has 2 heterocycles. The minimum absolute atomic E-state index is 0.0496. The zero-order valence-corrected chi connectivity index (χ0v) is 13.8. The zero-order valence-electron chi connectivity index (χ0n) is 13.0. The lowest BCUT2D eigenvalue weighted by molar-refractivity contribution is -0.117. The molecule has 24 heavy (non-hydrogen) atoms. The maximum Gasteiger partial charge on any atom is 0.233 e. The topological polar surface area (TPSA) is 113 Å². The van der Waals surface area contributed by atoms with Gasteiger partial charge < -0.3 is 5.73 Å². The second kappa shape index (κ2) is 5.82. The Morgan fingerprint density at radius 1 is 1.33 bits per heavy atom. The highest BCUT2D eigenvalue weighted by atomic mass is 32.2. The Morgan fingerprint density at radius 2 is 2.00 bits per heavy atom. The Hall–Kier alpha value is -2.55. The third-order valence-electron chi connectivity index (χ3n) is 3.84. The molecule has 0 saturated carbocycles. The van der Waals surface area contributed by atoms with Gasteiger partial charge in [-0.3, -0.25) is 9.69 Å². The van der Waals surface area contributed by atoms with Crippen molar-refractivity contribution in [3.05, 3.63) is 41.2 Å². The minimum Gasteiger partial charge on any atom is -0.383 e. The van der Waals surface area contributed by atoms with Crippen LogP contribution < -0.4 is 10.6 Å². The average molecular weight is 349 g/mol. The molecule has 1 aromatic carbocycles. The van der Waals surface area contributed by atoms with Gasteiger partial charge in [0.1, 0.15) is 27.2 Å². The quantitative estimate of drug-likeness (QED) is 0.816. The third-order valence-corrected chi connectivity index (χ3v) is 5.42. The Bertz CT molecular complexity index is 912. The predicted octanol–water partition coefficient (Wildman–Crippen LogP) is 1.71. The molecule has 1 aliphatic rings. The van der Waals surface area contributed by atoms with E-state index in [1.54, 1.807) is 19.1 Å². The van der Waals surface area contributed by atoms with Crippen molar-refractivity contribution < 1.29 is 13.4 Å². The first-order valence-corrected chi connectivity index (χ1v) is 9.02. The lowest BCUT2D eigenvalue weighted by Gasteiger charge is -2.17. The second-order valence-electron chi connectivity index (χ2n) is 5.44. The number of amides is 1. The van der Waals surface area contributed by atoms with Gasteiger partial charge in [-0.15, -0.1) is 0 Å². The number of nitrogens with two attached hydrogens (primary N) is 1. The fourth-order valence-electron chi connectivity index (χ4n) is 2.44. The molecule has 0 spiro atoms. The van der Waals surface area contributed by atoms with E-state index in [9.17, 15) is 13.4 Å². The first-order chi connectivity index (χ1) is 11.3. The van der Waals surface area contributed by atoms with Gasteiger partial charge in [0.05, 0.1) is 13.0 Å². The molecular weight excluding hydrogens is 333 g/mol. The van der Waals surface area contributed by atoms with Crippen LogP contribution >= 0.6 is 0 Å². The van der Waals surface area contributed by atoms with Crippen molar-refractivity contribution in [1.82, 2.24) is 9.97 Å². The van der Waals surface area contributed by atoms with Crippen molar-refractivity contribution in [3.8, 4) is 0 Å². The molecule has 1 amide bonds. The number of hydrogen-bond donors (Lipinski definition) is 2. The lowest BCUT2D eigenvalue weighted by Crippen LogP contribution is -2.27. The highest BCUT2D eigenvalue weighted by Gasteiger charge is 2.33. The molecule has 126 valence electrons. The third kappa shape index (κ3) is 2.82. The van der Waals surface area contributed by atoms with Crippen LogP contribution in [0.3, 0.4) is 0 Å². The summed E-state index contributed by atoms with van der Waals surface area (Å²) in [6.07, 6.45) is 0.0496. The van der Waals surface area contributed by atoms with E-state index >= 15 is 0 Å². The standard InChI is InChI=1S/C15H16FN5O2S/c1-2-24(18,23)15-19-13(17)11-7-12(22)21(14(11)20-15)8-9-3-5-10(16)6-4-9/h3-6,18H,2,7-8H2,1H3,(H2,17,19,20). The lowest BCUT2D eigenvalue weighted by atomic mass is 10.2. The molecule has 3 rings (SSSR count). The van der Waals surface area contributed by atoms with Gasteiger partial charge in [0.15, 0.2) is 0 Å². The van der Waals surface area contributed by atoms with Gasteiger partial charge in [-0.25, -0.2) is 23.3 Å². The molecule has 1 atom stereocenters. The van der Waals surface area contributed by atoms with Crippen molar-refractivity contribution in [2.75, 3.05) is 16.4 Å². The number of hydrogen-bond acceptors (Lipinski definition) is 6. The summed E-state index contributed by atoms with van der Waals surface area (Å²) in [6.45, 7) is 1.79. The van der Waals surface area contributed by atoms with Crippen LogP contribution in [0.5, 0.6) is 0 Å². The second-order valence-corrected chi connectivity index (χ2v) is 7.73. The zero-order chi connectivity index (χ0) is 17.5. The molecule has 0 bridgehead atoms. The highest BCUT2D eigenvalue weighted by Crippen LogP contribution is 2.32. The number of carbonyl (C=O) groups is 1. The molecule has 1 unspecified atom stereocenters. The first-order valence-electron chi connectivity index (χ1n) is 7.29. The molecule has 0 fully saturated rings. The number of benzene rings is 1. The van der Waals surface area contributed by atoms with Crippen molar-refractivity contribution in [2.45, 2.75) is 25.0 Å². The van der Waals surface area contributed by atoms with Crippen LogP contribution in [0.25, 0.3) is 0 Å². The van der Waals surface area contributed by atoms with E-state index in [1.807, 2.05) is 0 Å². The van der Waals surface area contributed by atoms with E-state index in [-0.39, 0.29) is 47.2 Å². The maximum atomic E-state index is 13.0. The smallest absolute Gasteiger partial charge is 0.233 e. The molecule has 3 N–H and O–H groups in total. The summed E-state index contributed by atoms with van der Waals surface area (Å²) >= 11 is 0. The van der Waals surface area contributed by atoms with Crippen molar-refractivity contribution in [3.63, 3.8) is 0 Å². The van der Waals surface area contributed by atoms with Crippen LogP contribution in [-0.4, -0.2) is 25.8 Å². The van der Waals surface area contributed by atoms with E-state index in [2.05, 4.69) is 9.97 Å². The Kier molecular flexibility index (Phi) is 3.96. The van der Waals surface area contributed by atoms with Crippen LogP contribution in [0.4, 0.5) is 16.0 Å². The molecule has 0 saturated heterocycles. The minimum atomic E-state index is -3.15. The summed E-state index contributed by atoms with van der Waals surface area (Å²) in [5.41, 5.74) is 7.06. The van der Waals surface area contributed by atoms with Gasteiger partial charge in [-0.2, -0.15) is 0 Å². The first kappa shape index (κ1) is 16.3. The fourth-order valence-corrected chi connectivity index (χ4v) is 3.18. The summed E-state index contributed by atoms with van der Waals surface area (Å²) < 4.78 is 33.1. The van der Waals surface area contributed by atoms with E-state index in [0.29, 0.717) is 5.56 Å².